The zero-order valence-electron chi connectivity index (χ0n) is 39.7. The van der Waals surface area contributed by atoms with Crippen LogP contribution in [0.3, 0.4) is 0 Å². The van der Waals surface area contributed by atoms with E-state index in [1.54, 1.807) is 7.11 Å². The van der Waals surface area contributed by atoms with Crippen molar-refractivity contribution in [2.75, 3.05) is 26.9 Å². The van der Waals surface area contributed by atoms with E-state index in [1.807, 2.05) is 18.7 Å². The molecule has 6 aromatic rings. The molecule has 6 aromatic carbocycles. The van der Waals surface area contributed by atoms with Gasteiger partial charge in [-0.3, -0.25) is 4.90 Å². The second-order valence-corrected chi connectivity index (χ2v) is 18.9. The van der Waals surface area contributed by atoms with Crippen LogP contribution in [0, 0.1) is 6.61 Å². The van der Waals surface area contributed by atoms with Crippen LogP contribution in [0.4, 0.5) is 0 Å². The van der Waals surface area contributed by atoms with Gasteiger partial charge in [0.05, 0.1) is 6.61 Å². The maximum absolute atomic E-state index is 12.4. The second kappa shape index (κ2) is 22.9. The SMILES string of the molecule is COCCN(Cc1cc(C(C)(C)c2ccccc2)cc(C(C)(C)c2ccccc2)c1O)Cc1cc(C(C)(C)c2ccccc2)cc(C(C)(C)c2ccccc2)c1O.[CH-]1CCCO1.[NH2-].[Y+3]. The van der Waals surface area contributed by atoms with Gasteiger partial charge >= 0.3 is 32.7 Å². The van der Waals surface area contributed by atoms with Gasteiger partial charge in [-0.2, -0.15) is 6.42 Å². The van der Waals surface area contributed by atoms with E-state index < -0.39 is 10.8 Å². The van der Waals surface area contributed by atoms with Crippen LogP contribution in [-0.4, -0.2) is 42.0 Å². The number of phenolic OH excluding ortho intramolecular Hbond substituents is 2. The molecular formula is C57H70N2O4Y+. The first-order valence-electron chi connectivity index (χ1n) is 22.2. The van der Waals surface area contributed by atoms with E-state index >= 15 is 0 Å². The van der Waals surface area contributed by atoms with E-state index in [4.69, 9.17) is 9.47 Å². The van der Waals surface area contributed by atoms with Crippen molar-refractivity contribution in [3.05, 3.63) is 214 Å². The summed E-state index contributed by atoms with van der Waals surface area (Å²) in [6.45, 7) is 22.6. The molecule has 1 aliphatic heterocycles. The Labute approximate surface area is 409 Å². The molecule has 0 aliphatic carbocycles. The minimum absolute atomic E-state index is 0. The number of hydrogen-bond acceptors (Lipinski definition) is 5. The summed E-state index contributed by atoms with van der Waals surface area (Å²) in [4.78, 5) is 2.30. The van der Waals surface area contributed by atoms with Crippen LogP contribution in [0.15, 0.2) is 146 Å². The van der Waals surface area contributed by atoms with Crippen LogP contribution in [0.5, 0.6) is 11.5 Å². The van der Waals surface area contributed by atoms with Crippen molar-refractivity contribution in [3.63, 3.8) is 0 Å². The molecule has 7 heteroatoms. The maximum atomic E-state index is 12.4. The Morgan fingerprint density at radius 3 is 1.16 bits per heavy atom. The van der Waals surface area contributed by atoms with Gasteiger partial charge in [0.1, 0.15) is 11.5 Å². The van der Waals surface area contributed by atoms with Crippen molar-refractivity contribution >= 4 is 0 Å². The zero-order valence-corrected chi connectivity index (χ0v) is 42.5. The van der Waals surface area contributed by atoms with E-state index in [1.165, 1.54) is 17.5 Å². The first kappa shape index (κ1) is 52.5. The predicted octanol–water partition coefficient (Wildman–Crippen LogP) is 13.7. The van der Waals surface area contributed by atoms with Gasteiger partial charge in [0.25, 0.3) is 0 Å². The molecular weight excluding hydrogens is 866 g/mol. The quantitative estimate of drug-likeness (QED) is 0.100. The third-order valence-corrected chi connectivity index (χ3v) is 13.3. The molecule has 0 aromatic heterocycles. The number of ether oxygens (including phenoxy) is 2. The fourth-order valence-electron chi connectivity index (χ4n) is 8.70. The minimum Gasteiger partial charge on any atom is -0.693 e. The Morgan fingerprint density at radius 1 is 0.531 bits per heavy atom. The smallest absolute Gasteiger partial charge is 0.693 e. The van der Waals surface area contributed by atoms with Gasteiger partial charge in [-0.25, -0.2) is 6.61 Å². The molecule has 0 bridgehead atoms. The van der Waals surface area contributed by atoms with Crippen molar-refractivity contribution in [1.29, 1.82) is 0 Å². The van der Waals surface area contributed by atoms with Crippen LogP contribution in [-0.2, 0) is 76.9 Å². The summed E-state index contributed by atoms with van der Waals surface area (Å²) >= 11 is 0. The zero-order chi connectivity index (χ0) is 44.5. The van der Waals surface area contributed by atoms with E-state index in [-0.39, 0.29) is 49.7 Å². The maximum Gasteiger partial charge on any atom is 3.00 e. The molecule has 4 N–H and O–H groups in total. The molecule has 1 aliphatic rings. The summed E-state index contributed by atoms with van der Waals surface area (Å²) in [5, 5.41) is 24.8. The number of phenols is 2. The van der Waals surface area contributed by atoms with Crippen LogP contribution in [0.1, 0.15) is 124 Å². The number of methoxy groups -OCH3 is 1. The van der Waals surface area contributed by atoms with E-state index in [0.717, 1.165) is 57.5 Å². The first-order valence-corrected chi connectivity index (χ1v) is 22.2. The monoisotopic (exact) mass is 935 g/mol. The number of nitrogens with two attached hydrogens (primary N) is 1. The summed E-state index contributed by atoms with van der Waals surface area (Å²) in [6, 6.07) is 50.8. The van der Waals surface area contributed by atoms with E-state index in [2.05, 4.69) is 194 Å². The molecule has 0 unspecified atom stereocenters. The standard InChI is InChI=1S/C53H61NO3.C4H7O.H2N.Y/c1-50(2,40-22-14-10-15-23-40)44-32-38(48(55)46(34-44)52(5,6)42-26-18-12-19-27-42)36-54(30-31-57-9)37-39-33-45(51(3,4)41-24-16-11-17-25-41)35-47(49(39)56)53(7,8)43-28-20-13-21-29-43;1-2-4-5-3-1;;/h10-29,32-35,55-56H,30-31,36-37H2,1-9H3;3H,1-2,4H2;1H2;/q;2*-1;+3. The molecule has 334 valence electrons. The third kappa shape index (κ3) is 12.0. The Balaban J connectivity index is 0.00000120. The van der Waals surface area contributed by atoms with Crippen molar-refractivity contribution < 1.29 is 52.4 Å². The molecule has 0 saturated carbocycles. The molecule has 0 radical (unpaired) electrons. The number of benzene rings is 6. The van der Waals surface area contributed by atoms with Crippen molar-refractivity contribution in [2.24, 2.45) is 0 Å². The fraction of sp³-hybridized carbons (Fsp3) is 0.351. The summed E-state index contributed by atoms with van der Waals surface area (Å²) < 4.78 is 10.5. The molecule has 6 nitrogen and oxygen atoms in total. The molecule has 7 rings (SSSR count). The summed E-state index contributed by atoms with van der Waals surface area (Å²) in [7, 11) is 1.72. The average molecular weight is 936 g/mol. The Bertz CT molecular complexity index is 2180. The molecule has 1 fully saturated rings. The number of aromatic hydroxyl groups is 2. The normalized spacial score (nSPS) is 13.1. The number of nitrogens with zero attached hydrogens (tertiary/aromatic N) is 1. The van der Waals surface area contributed by atoms with Gasteiger partial charge < -0.3 is 25.8 Å². The Kier molecular flexibility index (Phi) is 18.7. The Hall–Kier alpha value is -4.14. The molecule has 0 atom stereocenters. The summed E-state index contributed by atoms with van der Waals surface area (Å²) in [6.07, 6.45) is 2.38. The molecule has 0 spiro atoms. The Morgan fingerprint density at radius 2 is 0.875 bits per heavy atom. The third-order valence-electron chi connectivity index (χ3n) is 13.3. The van der Waals surface area contributed by atoms with Gasteiger partial charge in [-0.15, -0.1) is 0 Å². The van der Waals surface area contributed by atoms with Gasteiger partial charge in [-0.1, -0.05) is 195 Å². The van der Waals surface area contributed by atoms with E-state index in [0.29, 0.717) is 37.7 Å². The van der Waals surface area contributed by atoms with Gasteiger partial charge in [-0.05, 0) is 45.5 Å². The molecule has 1 heterocycles. The van der Waals surface area contributed by atoms with Crippen molar-refractivity contribution in [3.8, 4) is 11.5 Å². The van der Waals surface area contributed by atoms with E-state index in [9.17, 15) is 10.2 Å². The van der Waals surface area contributed by atoms with Crippen molar-refractivity contribution in [2.45, 2.75) is 103 Å². The summed E-state index contributed by atoms with van der Waals surface area (Å²) in [5.74, 6) is 0.598. The molecule has 1 saturated heterocycles. The largest absolute Gasteiger partial charge is 3.00 e. The topological polar surface area (TPSA) is 95.7 Å². The fourth-order valence-corrected chi connectivity index (χ4v) is 8.70. The number of hydrogen-bond donors (Lipinski definition) is 2. The van der Waals surface area contributed by atoms with Crippen molar-refractivity contribution in [1.82, 2.24) is 4.90 Å². The first-order chi connectivity index (χ1) is 29.6. The predicted molar refractivity (Wildman–Crippen MR) is 261 cm³/mol. The van der Waals surface area contributed by atoms with Gasteiger partial charge in [0.2, 0.25) is 0 Å². The molecule has 64 heavy (non-hydrogen) atoms. The van der Waals surface area contributed by atoms with Crippen LogP contribution in [0.2, 0.25) is 0 Å². The summed E-state index contributed by atoms with van der Waals surface area (Å²) in [5.41, 5.74) is 8.78. The van der Waals surface area contributed by atoms with Crippen LogP contribution < -0.4 is 0 Å². The molecule has 0 amide bonds. The average Bonchev–Trinajstić information content (AvgIpc) is 3.89. The van der Waals surface area contributed by atoms with Gasteiger partial charge in [0.15, 0.2) is 0 Å². The number of rotatable bonds is 15. The van der Waals surface area contributed by atoms with Gasteiger partial charge in [0, 0.05) is 77.3 Å². The van der Waals surface area contributed by atoms with Crippen LogP contribution >= 0.6 is 0 Å². The minimum atomic E-state index is -0.478. The second-order valence-electron chi connectivity index (χ2n) is 18.9. The van der Waals surface area contributed by atoms with Crippen LogP contribution in [0.25, 0.3) is 6.15 Å².